The van der Waals surface area contributed by atoms with Gasteiger partial charge in [0.15, 0.2) is 0 Å². The monoisotopic (exact) mass is 533 g/mol. The first kappa shape index (κ1) is 25.5. The maximum absolute atomic E-state index is 13.0. The predicted octanol–water partition coefficient (Wildman–Crippen LogP) is 4.66. The van der Waals surface area contributed by atoms with E-state index in [1.165, 1.54) is 5.56 Å². The third-order valence-corrected chi connectivity index (χ3v) is 7.33. The summed E-state index contributed by atoms with van der Waals surface area (Å²) in [6.07, 6.45) is 7.48. The lowest BCUT2D eigenvalue weighted by molar-refractivity contribution is -0.126. The largest absolute Gasteiger partial charge is 0.457 e. The Hall–Kier alpha value is -4.76. The van der Waals surface area contributed by atoms with Crippen molar-refractivity contribution in [1.29, 1.82) is 5.41 Å². The Kier molecular flexibility index (Phi) is 7.11. The van der Waals surface area contributed by atoms with Crippen LogP contribution in [0.1, 0.15) is 11.1 Å². The second-order valence-electron chi connectivity index (χ2n) is 10.1. The maximum atomic E-state index is 13.0. The zero-order valence-corrected chi connectivity index (χ0v) is 22.4. The molecule has 1 fully saturated rings. The number of nitrogens with zero attached hydrogens (tertiary/aromatic N) is 5. The molecule has 1 amide bonds. The second kappa shape index (κ2) is 11.2. The van der Waals surface area contributed by atoms with Gasteiger partial charge in [-0.1, -0.05) is 42.5 Å². The summed E-state index contributed by atoms with van der Waals surface area (Å²) in [4.78, 5) is 29.0. The van der Waals surface area contributed by atoms with Gasteiger partial charge in [0.1, 0.15) is 22.9 Å². The molecule has 5 aromatic rings. The number of nitrogens with one attached hydrogen (secondary N) is 2. The molecule has 1 saturated heterocycles. The Morgan fingerprint density at radius 1 is 1.00 bits per heavy atom. The predicted molar refractivity (Wildman–Crippen MR) is 155 cm³/mol. The number of aromatic amines is 1. The Labute approximate surface area is 232 Å². The number of hydrogen-bond donors (Lipinski definition) is 2. The van der Waals surface area contributed by atoms with Gasteiger partial charge in [0.05, 0.1) is 23.6 Å². The number of benzene rings is 2. The zero-order valence-electron chi connectivity index (χ0n) is 22.4. The summed E-state index contributed by atoms with van der Waals surface area (Å²) in [5.41, 5.74) is 4.93. The topological polar surface area (TPSA) is 103 Å². The fraction of sp³-hybridized carbons (Fsp3) is 0.226. The van der Waals surface area contributed by atoms with Crippen LogP contribution in [0, 0.1) is 5.41 Å². The molecule has 9 heteroatoms. The first-order valence-corrected chi connectivity index (χ1v) is 13.4. The van der Waals surface area contributed by atoms with Crippen molar-refractivity contribution in [2.24, 2.45) is 7.05 Å². The molecular weight excluding hydrogens is 502 g/mol. The van der Waals surface area contributed by atoms with E-state index in [1.54, 1.807) is 17.4 Å². The number of H-pyrrole nitrogens is 1. The molecule has 0 atom stereocenters. The molecule has 9 nitrogen and oxygen atoms in total. The van der Waals surface area contributed by atoms with Gasteiger partial charge >= 0.3 is 0 Å². The molecular formula is C31H31N7O2. The summed E-state index contributed by atoms with van der Waals surface area (Å²) in [5, 5.41) is 9.34. The first-order valence-electron chi connectivity index (χ1n) is 13.4. The van der Waals surface area contributed by atoms with Gasteiger partial charge in [-0.15, -0.1) is 0 Å². The van der Waals surface area contributed by atoms with E-state index < -0.39 is 0 Å². The van der Waals surface area contributed by atoms with Crippen LogP contribution in [0.2, 0.25) is 0 Å². The van der Waals surface area contributed by atoms with Gasteiger partial charge in [-0.25, -0.2) is 9.97 Å². The standard InChI is InChI=1S/C31H31N7O2/c1-36-21-33-19-27(36)25-18-35-30-29(25)28(11-12-34-30)40-24-9-7-22(8-10-24)17-26(32)31(39)38-15-13-37(14-16-38)20-23-5-3-2-4-6-23/h2-12,18-19,21,32H,13-17,20H2,1H3,(H,34,35). The second-order valence-corrected chi connectivity index (χ2v) is 10.1. The molecule has 40 heavy (non-hydrogen) atoms. The van der Waals surface area contributed by atoms with E-state index >= 15 is 0 Å². The van der Waals surface area contributed by atoms with Crippen molar-refractivity contribution in [2.45, 2.75) is 13.0 Å². The van der Waals surface area contributed by atoms with Gasteiger partial charge in [-0.05, 0) is 29.3 Å². The molecule has 0 bridgehead atoms. The van der Waals surface area contributed by atoms with E-state index in [0.717, 1.165) is 47.5 Å². The average molecular weight is 534 g/mol. The lowest BCUT2D eigenvalue weighted by atomic mass is 10.1. The van der Waals surface area contributed by atoms with Crippen LogP contribution in [-0.4, -0.2) is 67.1 Å². The Morgan fingerprint density at radius 2 is 1.77 bits per heavy atom. The highest BCUT2D eigenvalue weighted by Gasteiger charge is 2.24. The highest BCUT2D eigenvalue weighted by Crippen LogP contribution is 2.36. The normalized spacial score (nSPS) is 14.0. The van der Waals surface area contributed by atoms with Crippen molar-refractivity contribution < 1.29 is 9.53 Å². The number of aromatic nitrogens is 4. The van der Waals surface area contributed by atoms with E-state index in [-0.39, 0.29) is 18.0 Å². The van der Waals surface area contributed by atoms with Crippen molar-refractivity contribution in [2.75, 3.05) is 26.2 Å². The molecule has 0 spiro atoms. The first-order chi connectivity index (χ1) is 19.5. The lowest BCUT2D eigenvalue weighted by Crippen LogP contribution is -2.50. The molecule has 0 aliphatic carbocycles. The van der Waals surface area contributed by atoms with Gasteiger partial charge < -0.3 is 19.2 Å². The van der Waals surface area contributed by atoms with Crippen LogP contribution >= 0.6 is 0 Å². The molecule has 0 saturated carbocycles. The Morgan fingerprint density at radius 3 is 2.50 bits per heavy atom. The van der Waals surface area contributed by atoms with Crippen molar-refractivity contribution >= 4 is 22.7 Å². The van der Waals surface area contributed by atoms with Gasteiger partial charge in [-0.3, -0.25) is 15.1 Å². The Balaban J connectivity index is 1.07. The van der Waals surface area contributed by atoms with E-state index in [0.29, 0.717) is 24.6 Å². The van der Waals surface area contributed by atoms with E-state index in [4.69, 9.17) is 10.1 Å². The van der Waals surface area contributed by atoms with Crippen LogP contribution in [0.5, 0.6) is 11.5 Å². The molecule has 6 rings (SSSR count). The number of piperazine rings is 1. The lowest BCUT2D eigenvalue weighted by Gasteiger charge is -2.34. The number of carbonyl (C=O) groups excluding carboxylic acids is 1. The number of imidazole rings is 1. The molecule has 0 unspecified atom stereocenters. The van der Waals surface area contributed by atoms with Crippen LogP contribution in [0.15, 0.2) is 85.6 Å². The van der Waals surface area contributed by atoms with Gasteiger partial charge in [0.25, 0.3) is 5.91 Å². The van der Waals surface area contributed by atoms with Crippen molar-refractivity contribution in [1.82, 2.24) is 29.3 Å². The number of carbonyl (C=O) groups is 1. The molecule has 2 N–H and O–H groups in total. The minimum atomic E-state index is -0.186. The van der Waals surface area contributed by atoms with Gasteiger partial charge in [-0.2, -0.15) is 0 Å². The minimum Gasteiger partial charge on any atom is -0.457 e. The third-order valence-electron chi connectivity index (χ3n) is 7.33. The summed E-state index contributed by atoms with van der Waals surface area (Å²) in [6, 6.07) is 19.8. The molecule has 0 radical (unpaired) electrons. The van der Waals surface area contributed by atoms with Gasteiger partial charge in [0, 0.05) is 64.1 Å². The van der Waals surface area contributed by atoms with E-state index in [9.17, 15) is 4.79 Å². The number of aryl methyl sites for hydroxylation is 1. The third kappa shape index (κ3) is 5.37. The van der Waals surface area contributed by atoms with Crippen LogP contribution in [0.25, 0.3) is 22.3 Å². The number of amides is 1. The summed E-state index contributed by atoms with van der Waals surface area (Å²) in [5.74, 6) is 1.17. The van der Waals surface area contributed by atoms with E-state index in [2.05, 4.69) is 44.1 Å². The summed E-state index contributed by atoms with van der Waals surface area (Å²) >= 11 is 0. The van der Waals surface area contributed by atoms with Crippen molar-refractivity contribution in [3.05, 3.63) is 96.7 Å². The summed E-state index contributed by atoms with van der Waals surface area (Å²) in [7, 11) is 1.95. The fourth-order valence-electron chi connectivity index (χ4n) is 5.15. The van der Waals surface area contributed by atoms with E-state index in [1.807, 2.05) is 60.4 Å². The zero-order chi connectivity index (χ0) is 27.5. The minimum absolute atomic E-state index is 0.106. The number of ether oxygens (including phenoxy) is 1. The van der Waals surface area contributed by atoms with Crippen LogP contribution < -0.4 is 4.74 Å². The fourth-order valence-corrected chi connectivity index (χ4v) is 5.15. The highest BCUT2D eigenvalue weighted by atomic mass is 16.5. The molecule has 202 valence electrons. The Bertz CT molecular complexity index is 1630. The molecule has 1 aliphatic heterocycles. The molecule has 1 aliphatic rings. The number of rotatable bonds is 8. The van der Waals surface area contributed by atoms with Crippen LogP contribution in [0.4, 0.5) is 0 Å². The number of pyridine rings is 1. The molecule has 4 heterocycles. The SMILES string of the molecule is Cn1cncc1-c1c[nH]c2nccc(Oc3ccc(CC(=N)C(=O)N4CCN(Cc5ccccc5)CC4)cc3)c12. The van der Waals surface area contributed by atoms with Crippen molar-refractivity contribution in [3.63, 3.8) is 0 Å². The number of hydrogen-bond acceptors (Lipinski definition) is 6. The summed E-state index contributed by atoms with van der Waals surface area (Å²) in [6.45, 7) is 3.79. The molecule has 3 aromatic heterocycles. The van der Waals surface area contributed by atoms with Crippen LogP contribution in [0.3, 0.4) is 0 Å². The maximum Gasteiger partial charge on any atom is 0.267 e. The molecule has 2 aromatic carbocycles. The average Bonchev–Trinajstić information content (AvgIpc) is 3.61. The van der Waals surface area contributed by atoms with Crippen LogP contribution in [-0.2, 0) is 24.8 Å². The smallest absolute Gasteiger partial charge is 0.267 e. The quantitative estimate of drug-likeness (QED) is 0.282. The summed E-state index contributed by atoms with van der Waals surface area (Å²) < 4.78 is 8.21. The van der Waals surface area contributed by atoms with Crippen molar-refractivity contribution in [3.8, 4) is 22.8 Å². The highest BCUT2D eigenvalue weighted by molar-refractivity contribution is 6.37. The van der Waals surface area contributed by atoms with Gasteiger partial charge in [0.2, 0.25) is 0 Å². The number of fused-ring (bicyclic) bond motifs is 1.